The van der Waals surface area contributed by atoms with E-state index in [1.165, 1.54) is 0 Å². The lowest BCUT2D eigenvalue weighted by Crippen LogP contribution is -2.21. The largest absolute Gasteiger partial charge is 0.393 e. The number of fused-ring (bicyclic) bond motifs is 1. The molecule has 0 radical (unpaired) electrons. The monoisotopic (exact) mass is 382 g/mol. The zero-order chi connectivity index (χ0) is 19.5. The number of ketones is 1. The molecule has 0 amide bonds. The van der Waals surface area contributed by atoms with E-state index >= 15 is 0 Å². The van der Waals surface area contributed by atoms with Gasteiger partial charge in [0.2, 0.25) is 5.95 Å². The summed E-state index contributed by atoms with van der Waals surface area (Å²) < 4.78 is 3.92. The van der Waals surface area contributed by atoms with Gasteiger partial charge in [0.1, 0.15) is 11.4 Å². The summed E-state index contributed by atoms with van der Waals surface area (Å²) in [5.74, 6) is 1.24. The zero-order valence-electron chi connectivity index (χ0n) is 16.1. The first-order chi connectivity index (χ1) is 13.6. The van der Waals surface area contributed by atoms with Gasteiger partial charge in [0.05, 0.1) is 18.0 Å². The highest BCUT2D eigenvalue weighted by Gasteiger charge is 2.20. The van der Waals surface area contributed by atoms with E-state index in [9.17, 15) is 9.90 Å². The molecule has 0 aliphatic heterocycles. The Balaban J connectivity index is 1.46. The summed E-state index contributed by atoms with van der Waals surface area (Å²) in [7, 11) is 0. The Bertz CT molecular complexity index is 955. The van der Waals surface area contributed by atoms with Gasteiger partial charge in [-0.15, -0.1) is 0 Å². The number of anilines is 2. The van der Waals surface area contributed by atoms with Crippen LogP contribution >= 0.6 is 0 Å². The summed E-state index contributed by atoms with van der Waals surface area (Å²) in [6, 6.07) is 2.04. The number of carbonyl (C=O) groups excluding carboxylic acids is 1. The van der Waals surface area contributed by atoms with Gasteiger partial charge in [0.25, 0.3) is 0 Å². The summed E-state index contributed by atoms with van der Waals surface area (Å²) in [6.07, 6.45) is 11.7. The van der Waals surface area contributed by atoms with Crippen molar-refractivity contribution in [3.63, 3.8) is 0 Å². The van der Waals surface area contributed by atoms with Crippen LogP contribution in [0.2, 0.25) is 0 Å². The Hall–Kier alpha value is -2.74. The smallest absolute Gasteiger partial charge is 0.229 e. The van der Waals surface area contributed by atoms with E-state index in [4.69, 9.17) is 4.98 Å². The molecule has 8 nitrogen and oxygen atoms in total. The molecule has 0 saturated heterocycles. The lowest BCUT2D eigenvalue weighted by atomic mass is 9.87. The summed E-state index contributed by atoms with van der Waals surface area (Å²) in [5.41, 5.74) is 1.70. The molecule has 3 aromatic heterocycles. The number of hydrogen-bond acceptors (Lipinski definition) is 6. The van der Waals surface area contributed by atoms with Crippen LogP contribution in [-0.4, -0.2) is 41.3 Å². The average molecular weight is 382 g/mol. The van der Waals surface area contributed by atoms with Crippen molar-refractivity contribution in [3.8, 4) is 0 Å². The van der Waals surface area contributed by atoms with Crippen molar-refractivity contribution in [2.24, 2.45) is 5.92 Å². The maximum absolute atomic E-state index is 11.1. The lowest BCUT2D eigenvalue weighted by molar-refractivity contribution is -0.117. The van der Waals surface area contributed by atoms with Gasteiger partial charge in [0.15, 0.2) is 0 Å². The first kappa shape index (κ1) is 18.6. The summed E-state index contributed by atoms with van der Waals surface area (Å²) >= 11 is 0. The number of nitrogens with zero attached hydrogens (tertiary/aromatic N) is 5. The molecule has 1 aliphatic rings. The van der Waals surface area contributed by atoms with Crippen molar-refractivity contribution in [3.05, 3.63) is 30.9 Å². The molecule has 0 atom stereocenters. The Morgan fingerprint density at radius 1 is 1.29 bits per heavy atom. The molecule has 3 aromatic rings. The highest BCUT2D eigenvalue weighted by molar-refractivity contribution is 5.77. The fraction of sp³-hybridized carbons (Fsp3) is 0.500. The van der Waals surface area contributed by atoms with Gasteiger partial charge in [-0.25, -0.2) is 4.98 Å². The zero-order valence-corrected chi connectivity index (χ0v) is 16.1. The first-order valence-corrected chi connectivity index (χ1v) is 9.85. The normalized spacial score (nSPS) is 19.8. The van der Waals surface area contributed by atoms with Crippen molar-refractivity contribution in [2.75, 3.05) is 5.32 Å². The van der Waals surface area contributed by atoms with Crippen molar-refractivity contribution in [1.29, 1.82) is 0 Å². The van der Waals surface area contributed by atoms with Crippen molar-refractivity contribution in [2.45, 2.75) is 58.2 Å². The third-order valence-corrected chi connectivity index (χ3v) is 5.36. The fourth-order valence-electron chi connectivity index (χ4n) is 3.74. The predicted molar refractivity (Wildman–Crippen MR) is 106 cm³/mol. The minimum absolute atomic E-state index is 0.132. The minimum Gasteiger partial charge on any atom is -0.393 e. The maximum Gasteiger partial charge on any atom is 0.229 e. The summed E-state index contributed by atoms with van der Waals surface area (Å²) in [4.78, 5) is 20.2. The van der Waals surface area contributed by atoms with Gasteiger partial charge in [0, 0.05) is 43.5 Å². The van der Waals surface area contributed by atoms with Gasteiger partial charge >= 0.3 is 0 Å². The predicted octanol–water partition coefficient (Wildman–Crippen LogP) is 2.90. The second-order valence-corrected chi connectivity index (χ2v) is 7.68. The van der Waals surface area contributed by atoms with Crippen molar-refractivity contribution >= 4 is 28.5 Å². The van der Waals surface area contributed by atoms with Crippen LogP contribution in [0.5, 0.6) is 0 Å². The van der Waals surface area contributed by atoms with Gasteiger partial charge < -0.3 is 15.0 Å². The second-order valence-electron chi connectivity index (χ2n) is 7.68. The fourth-order valence-corrected chi connectivity index (χ4v) is 3.74. The number of rotatable bonds is 7. The van der Waals surface area contributed by atoms with E-state index in [-0.39, 0.29) is 11.9 Å². The van der Waals surface area contributed by atoms with Crippen LogP contribution in [0, 0.1) is 5.92 Å². The Morgan fingerprint density at radius 2 is 2.11 bits per heavy atom. The van der Waals surface area contributed by atoms with E-state index in [0.717, 1.165) is 48.9 Å². The lowest BCUT2D eigenvalue weighted by Gasteiger charge is -2.25. The molecule has 2 N–H and O–H groups in total. The number of aliphatic hydroxyl groups is 1. The molecular formula is C20H26N6O2. The van der Waals surface area contributed by atoms with E-state index in [0.29, 0.717) is 24.8 Å². The molecule has 0 bridgehead atoms. The van der Waals surface area contributed by atoms with Gasteiger partial charge in [-0.2, -0.15) is 10.1 Å². The van der Waals surface area contributed by atoms with E-state index in [1.807, 2.05) is 18.5 Å². The van der Waals surface area contributed by atoms with Crippen LogP contribution in [0.15, 0.2) is 30.9 Å². The second kappa shape index (κ2) is 8.10. The molecule has 1 fully saturated rings. The number of aryl methyl sites for hydroxylation is 1. The standard InChI is InChI=1S/C20H26N6O2/c1-14(27)6-9-26-13-17(11-22-26)23-20-21-10-16-7-8-25(19(16)24-20)12-15-2-4-18(28)5-3-15/h7-8,10-11,13,15,18,28H,2-6,9,12H2,1H3,(H,21,23,24). The molecule has 4 rings (SSSR count). The molecule has 1 aliphatic carbocycles. The highest BCUT2D eigenvalue weighted by atomic mass is 16.3. The molecule has 8 heteroatoms. The quantitative estimate of drug-likeness (QED) is 0.652. The topological polar surface area (TPSA) is 97.9 Å². The molecule has 1 saturated carbocycles. The van der Waals surface area contributed by atoms with E-state index < -0.39 is 0 Å². The van der Waals surface area contributed by atoms with Crippen molar-refractivity contribution in [1.82, 2.24) is 24.3 Å². The number of hydrogen-bond donors (Lipinski definition) is 2. The Labute approximate surface area is 163 Å². The third kappa shape index (κ3) is 4.39. The summed E-state index contributed by atoms with van der Waals surface area (Å²) in [5, 5.41) is 18.2. The van der Waals surface area contributed by atoms with Crippen LogP contribution in [0.4, 0.5) is 11.6 Å². The van der Waals surface area contributed by atoms with Crippen LogP contribution in [0.3, 0.4) is 0 Å². The number of aromatic nitrogens is 5. The van der Waals surface area contributed by atoms with Crippen LogP contribution in [0.1, 0.15) is 39.0 Å². The number of nitrogens with one attached hydrogen (secondary N) is 1. The molecular weight excluding hydrogens is 356 g/mol. The van der Waals surface area contributed by atoms with Crippen LogP contribution in [-0.2, 0) is 17.9 Å². The highest BCUT2D eigenvalue weighted by Crippen LogP contribution is 2.27. The Kier molecular flexibility index (Phi) is 5.38. The molecule has 148 valence electrons. The van der Waals surface area contributed by atoms with E-state index in [2.05, 4.69) is 26.2 Å². The number of aliphatic hydroxyl groups excluding tert-OH is 1. The molecule has 28 heavy (non-hydrogen) atoms. The first-order valence-electron chi connectivity index (χ1n) is 9.85. The number of Topliss-reactive ketones (excluding diaryl/α,β-unsaturated/α-hetero) is 1. The van der Waals surface area contributed by atoms with Gasteiger partial charge in [-0.3, -0.25) is 9.48 Å². The third-order valence-electron chi connectivity index (χ3n) is 5.36. The van der Waals surface area contributed by atoms with Crippen molar-refractivity contribution < 1.29 is 9.90 Å². The van der Waals surface area contributed by atoms with Crippen LogP contribution in [0.25, 0.3) is 11.0 Å². The van der Waals surface area contributed by atoms with Gasteiger partial charge in [-0.1, -0.05) is 0 Å². The average Bonchev–Trinajstić information content (AvgIpc) is 3.29. The minimum atomic E-state index is -0.132. The SMILES string of the molecule is CC(=O)CCn1cc(Nc2ncc3ccn(CC4CCC(O)CC4)c3n2)cn1. The number of carbonyl (C=O) groups is 1. The van der Waals surface area contributed by atoms with Gasteiger partial charge in [-0.05, 0) is 44.6 Å². The van der Waals surface area contributed by atoms with E-state index in [1.54, 1.807) is 17.8 Å². The molecule has 0 unspecified atom stereocenters. The maximum atomic E-state index is 11.1. The Morgan fingerprint density at radius 3 is 2.89 bits per heavy atom. The molecule has 0 spiro atoms. The summed E-state index contributed by atoms with van der Waals surface area (Å²) in [6.45, 7) is 3.06. The van der Waals surface area contributed by atoms with Crippen LogP contribution < -0.4 is 5.32 Å². The molecule has 3 heterocycles. The molecule has 0 aromatic carbocycles.